The Labute approximate surface area is 130 Å². The molecule has 0 aliphatic carbocycles. The third-order valence-electron chi connectivity index (χ3n) is 3.47. The molecule has 0 atom stereocenters. The van der Waals surface area contributed by atoms with E-state index in [1.54, 1.807) is 17.0 Å². The minimum atomic E-state index is -0.0926. The van der Waals surface area contributed by atoms with Gasteiger partial charge in [-0.15, -0.1) is 0 Å². The second-order valence-corrected chi connectivity index (χ2v) is 5.18. The molecular weight excluding hydrogens is 282 g/mol. The number of carbonyl (C=O) groups is 2. The molecule has 1 aromatic carbocycles. The molecule has 1 fully saturated rings. The zero-order chi connectivity index (χ0) is 15.8. The molecule has 1 aromatic rings. The van der Waals surface area contributed by atoms with Crippen molar-refractivity contribution in [1.29, 1.82) is 0 Å². The van der Waals surface area contributed by atoms with Crippen molar-refractivity contribution in [2.75, 3.05) is 44.7 Å². The van der Waals surface area contributed by atoms with E-state index in [4.69, 9.17) is 4.74 Å². The molecule has 0 radical (unpaired) electrons. The van der Waals surface area contributed by atoms with Crippen LogP contribution >= 0.6 is 0 Å². The van der Waals surface area contributed by atoms with Crippen LogP contribution in [0.1, 0.15) is 23.7 Å². The smallest absolute Gasteiger partial charge is 0.251 e. The van der Waals surface area contributed by atoms with E-state index in [9.17, 15) is 9.59 Å². The van der Waals surface area contributed by atoms with E-state index < -0.39 is 0 Å². The first-order valence-electron chi connectivity index (χ1n) is 7.68. The van der Waals surface area contributed by atoms with E-state index in [0.29, 0.717) is 38.4 Å². The van der Waals surface area contributed by atoms with Crippen LogP contribution in [0, 0.1) is 0 Å². The van der Waals surface area contributed by atoms with E-state index in [2.05, 4.69) is 10.6 Å². The van der Waals surface area contributed by atoms with E-state index in [1.807, 2.05) is 19.1 Å². The molecule has 2 N–H and O–H groups in total. The second-order valence-electron chi connectivity index (χ2n) is 5.18. The van der Waals surface area contributed by atoms with Crippen LogP contribution in [-0.2, 0) is 9.53 Å². The minimum absolute atomic E-state index is 0.0455. The molecule has 6 nitrogen and oxygen atoms in total. The lowest BCUT2D eigenvalue weighted by atomic mass is 10.2. The Morgan fingerprint density at radius 2 is 2.05 bits per heavy atom. The van der Waals surface area contributed by atoms with Gasteiger partial charge in [-0.05, 0) is 24.6 Å². The average Bonchev–Trinajstić information content (AvgIpc) is 2.58. The van der Waals surface area contributed by atoms with Gasteiger partial charge in [0.15, 0.2) is 0 Å². The summed E-state index contributed by atoms with van der Waals surface area (Å²) in [7, 11) is 0. The molecule has 1 saturated heterocycles. The maximum atomic E-state index is 12.1. The first-order chi connectivity index (χ1) is 10.7. The number of morpholine rings is 1. The van der Waals surface area contributed by atoms with Crippen molar-refractivity contribution in [3.8, 4) is 0 Å². The van der Waals surface area contributed by atoms with Gasteiger partial charge in [0.2, 0.25) is 5.91 Å². The summed E-state index contributed by atoms with van der Waals surface area (Å²) >= 11 is 0. The number of benzene rings is 1. The Morgan fingerprint density at radius 1 is 1.27 bits per heavy atom. The molecule has 1 aliphatic heterocycles. The number of nitrogens with zero attached hydrogens (tertiary/aromatic N) is 1. The van der Waals surface area contributed by atoms with Crippen LogP contribution in [0.15, 0.2) is 24.3 Å². The summed E-state index contributed by atoms with van der Waals surface area (Å²) in [6.45, 7) is 5.36. The predicted octanol–water partition coefficient (Wildman–Crippen LogP) is 1.10. The summed E-state index contributed by atoms with van der Waals surface area (Å²) in [4.78, 5) is 25.8. The number of carbonyl (C=O) groups excluding carboxylic acids is 2. The second kappa shape index (κ2) is 8.38. The highest BCUT2D eigenvalue weighted by Gasteiger charge is 2.16. The summed E-state index contributed by atoms with van der Waals surface area (Å²) in [5.41, 5.74) is 1.36. The van der Waals surface area contributed by atoms with Gasteiger partial charge >= 0.3 is 0 Å². The highest BCUT2D eigenvalue weighted by Crippen LogP contribution is 2.11. The Hall–Kier alpha value is -2.08. The zero-order valence-corrected chi connectivity index (χ0v) is 12.9. The van der Waals surface area contributed by atoms with Crippen molar-refractivity contribution in [2.45, 2.75) is 13.3 Å². The van der Waals surface area contributed by atoms with Gasteiger partial charge in [-0.3, -0.25) is 9.59 Å². The molecule has 1 heterocycles. The molecule has 1 aliphatic rings. The Bertz CT molecular complexity index is 513. The summed E-state index contributed by atoms with van der Waals surface area (Å²) in [5, 5.41) is 5.92. The molecule has 0 spiro atoms. The number of anilines is 1. The lowest BCUT2D eigenvalue weighted by molar-refractivity contribution is -0.133. The number of hydrogen-bond acceptors (Lipinski definition) is 4. The Balaban J connectivity index is 1.87. The van der Waals surface area contributed by atoms with Crippen LogP contribution < -0.4 is 10.6 Å². The highest BCUT2D eigenvalue weighted by molar-refractivity contribution is 5.95. The number of amides is 2. The van der Waals surface area contributed by atoms with Gasteiger partial charge in [0.25, 0.3) is 5.91 Å². The summed E-state index contributed by atoms with van der Waals surface area (Å²) in [5.74, 6) is -0.0471. The summed E-state index contributed by atoms with van der Waals surface area (Å²) < 4.78 is 5.23. The topological polar surface area (TPSA) is 70.7 Å². The highest BCUT2D eigenvalue weighted by atomic mass is 16.5. The van der Waals surface area contributed by atoms with E-state index in [0.717, 1.165) is 12.1 Å². The zero-order valence-electron chi connectivity index (χ0n) is 12.9. The number of nitrogens with one attached hydrogen (secondary N) is 2. The fourth-order valence-corrected chi connectivity index (χ4v) is 2.21. The van der Waals surface area contributed by atoms with Gasteiger partial charge in [-0.2, -0.15) is 0 Å². The van der Waals surface area contributed by atoms with Crippen molar-refractivity contribution in [3.63, 3.8) is 0 Å². The number of hydrogen-bond donors (Lipinski definition) is 2. The molecule has 0 unspecified atom stereocenters. The standard InChI is InChI=1S/C16H23N3O3/c1-2-6-17-16(21)13-4-3-5-14(11-13)18-12-15(20)19-7-9-22-10-8-19/h3-5,11,18H,2,6-10,12H2,1H3,(H,17,21). The van der Waals surface area contributed by atoms with Crippen molar-refractivity contribution < 1.29 is 14.3 Å². The van der Waals surface area contributed by atoms with Crippen LogP contribution in [0.3, 0.4) is 0 Å². The number of ether oxygens (including phenoxy) is 1. The molecule has 2 amide bonds. The average molecular weight is 305 g/mol. The fourth-order valence-electron chi connectivity index (χ4n) is 2.21. The first-order valence-corrected chi connectivity index (χ1v) is 7.68. The van der Waals surface area contributed by atoms with Crippen LogP contribution in [-0.4, -0.2) is 56.1 Å². The number of rotatable bonds is 6. The van der Waals surface area contributed by atoms with Gasteiger partial charge in [-0.25, -0.2) is 0 Å². The molecule has 2 rings (SSSR count). The third-order valence-corrected chi connectivity index (χ3v) is 3.47. The lowest BCUT2D eigenvalue weighted by Crippen LogP contribution is -2.43. The molecule has 0 bridgehead atoms. The maximum Gasteiger partial charge on any atom is 0.251 e. The van der Waals surface area contributed by atoms with Crippen molar-refractivity contribution in [2.24, 2.45) is 0 Å². The van der Waals surface area contributed by atoms with Crippen LogP contribution in [0.5, 0.6) is 0 Å². The summed E-state index contributed by atoms with van der Waals surface area (Å²) in [6, 6.07) is 7.18. The molecule has 120 valence electrons. The van der Waals surface area contributed by atoms with Crippen LogP contribution in [0.25, 0.3) is 0 Å². The van der Waals surface area contributed by atoms with E-state index in [-0.39, 0.29) is 18.4 Å². The predicted molar refractivity (Wildman–Crippen MR) is 85.0 cm³/mol. The minimum Gasteiger partial charge on any atom is -0.378 e. The first kappa shape index (κ1) is 16.3. The van der Waals surface area contributed by atoms with Gasteiger partial charge in [0, 0.05) is 30.9 Å². The van der Waals surface area contributed by atoms with E-state index in [1.165, 1.54) is 0 Å². The van der Waals surface area contributed by atoms with E-state index >= 15 is 0 Å². The third kappa shape index (κ3) is 4.73. The SMILES string of the molecule is CCCNC(=O)c1cccc(NCC(=O)N2CCOCC2)c1. The molecule has 22 heavy (non-hydrogen) atoms. The molecule has 0 aromatic heterocycles. The van der Waals surface area contributed by atoms with Crippen LogP contribution in [0.4, 0.5) is 5.69 Å². The Morgan fingerprint density at radius 3 is 2.77 bits per heavy atom. The van der Waals surface area contributed by atoms with Crippen LogP contribution in [0.2, 0.25) is 0 Å². The van der Waals surface area contributed by atoms with Crippen molar-refractivity contribution in [3.05, 3.63) is 29.8 Å². The Kier molecular flexibility index (Phi) is 6.21. The van der Waals surface area contributed by atoms with Gasteiger partial charge in [0.1, 0.15) is 0 Å². The molecule has 6 heteroatoms. The molecular formula is C16H23N3O3. The normalized spacial score (nSPS) is 14.5. The van der Waals surface area contributed by atoms with Gasteiger partial charge < -0.3 is 20.3 Å². The lowest BCUT2D eigenvalue weighted by Gasteiger charge is -2.27. The fraction of sp³-hybridized carbons (Fsp3) is 0.500. The van der Waals surface area contributed by atoms with Gasteiger partial charge in [-0.1, -0.05) is 13.0 Å². The molecule has 0 saturated carbocycles. The summed E-state index contributed by atoms with van der Waals surface area (Å²) in [6.07, 6.45) is 0.901. The monoisotopic (exact) mass is 305 g/mol. The quantitative estimate of drug-likeness (QED) is 0.825. The maximum absolute atomic E-state index is 12.1. The van der Waals surface area contributed by atoms with Crippen molar-refractivity contribution >= 4 is 17.5 Å². The largest absolute Gasteiger partial charge is 0.378 e. The van der Waals surface area contributed by atoms with Crippen molar-refractivity contribution in [1.82, 2.24) is 10.2 Å². The van der Waals surface area contributed by atoms with Gasteiger partial charge in [0.05, 0.1) is 19.8 Å².